The van der Waals surface area contributed by atoms with Crippen LogP contribution in [0.3, 0.4) is 0 Å². The van der Waals surface area contributed by atoms with Crippen molar-refractivity contribution in [2.75, 3.05) is 6.61 Å². The Hall–Kier alpha value is -1.63. The number of nitro groups is 1. The summed E-state index contributed by atoms with van der Waals surface area (Å²) in [6.07, 6.45) is 1.61. The van der Waals surface area contributed by atoms with Crippen molar-refractivity contribution >= 4 is 29.8 Å². The van der Waals surface area contributed by atoms with Crippen molar-refractivity contribution < 1.29 is 23.5 Å². The van der Waals surface area contributed by atoms with Gasteiger partial charge in [-0.25, -0.2) is 9.65 Å². The molecule has 1 unspecified atom stereocenters. The molecule has 0 heterocycles. The molecule has 0 bridgehead atoms. The van der Waals surface area contributed by atoms with Crippen molar-refractivity contribution in [2.45, 2.75) is 32.7 Å². The fourth-order valence-electron chi connectivity index (χ4n) is 1.52. The number of non-ortho nitro benzene ring substituents is 1. The predicted octanol–water partition coefficient (Wildman–Crippen LogP) is 3.64. The summed E-state index contributed by atoms with van der Waals surface area (Å²) < 4.78 is 22.2. The fourth-order valence-corrected chi connectivity index (χ4v) is 3.21. The number of esters is 1. The van der Waals surface area contributed by atoms with E-state index in [-0.39, 0.29) is 18.0 Å². The standard InChI is InChI=1S/C13H18ClN2O6P/c1-3-4-9-21-13(17)10(2)15-23(14,20)22-12-7-5-11(6-8-12)16(18)19/h5-8,10H,3-4,9H2,1-2H3,(H,15,20)/t10-,23?/m0/s1. The van der Waals surface area contributed by atoms with Crippen LogP contribution in [-0.2, 0) is 14.1 Å². The molecule has 0 aliphatic heterocycles. The van der Waals surface area contributed by atoms with E-state index < -0.39 is 23.8 Å². The molecule has 0 aliphatic rings. The number of halogens is 1. The van der Waals surface area contributed by atoms with Crippen molar-refractivity contribution in [1.82, 2.24) is 5.09 Å². The number of benzene rings is 1. The quantitative estimate of drug-likeness (QED) is 0.234. The number of ether oxygens (including phenoxy) is 1. The van der Waals surface area contributed by atoms with Crippen LogP contribution in [0.15, 0.2) is 24.3 Å². The van der Waals surface area contributed by atoms with Gasteiger partial charge in [0.1, 0.15) is 11.8 Å². The summed E-state index contributed by atoms with van der Waals surface area (Å²) in [5, 5.41) is 12.9. The van der Waals surface area contributed by atoms with Crippen LogP contribution in [-0.4, -0.2) is 23.5 Å². The van der Waals surface area contributed by atoms with Crippen molar-refractivity contribution in [2.24, 2.45) is 0 Å². The highest BCUT2D eigenvalue weighted by atomic mass is 35.7. The Morgan fingerprint density at radius 1 is 1.43 bits per heavy atom. The number of nitrogens with zero attached hydrogens (tertiary/aromatic N) is 1. The first-order valence-electron chi connectivity index (χ1n) is 6.93. The van der Waals surface area contributed by atoms with E-state index in [4.69, 9.17) is 20.5 Å². The van der Waals surface area contributed by atoms with E-state index in [0.29, 0.717) is 0 Å². The zero-order valence-electron chi connectivity index (χ0n) is 12.7. The summed E-state index contributed by atoms with van der Waals surface area (Å²) in [7, 11) is 0. The lowest BCUT2D eigenvalue weighted by molar-refractivity contribution is -0.384. The molecule has 0 amide bonds. The lowest BCUT2D eigenvalue weighted by Crippen LogP contribution is -2.33. The first-order valence-corrected chi connectivity index (χ1v) is 9.46. The van der Waals surface area contributed by atoms with Crippen LogP contribution in [0.5, 0.6) is 5.75 Å². The second-order valence-corrected chi connectivity index (χ2v) is 7.43. The Morgan fingerprint density at radius 3 is 2.57 bits per heavy atom. The second kappa shape index (κ2) is 8.86. The minimum absolute atomic E-state index is 0.0768. The molecule has 0 fully saturated rings. The molecule has 1 aromatic rings. The molecule has 23 heavy (non-hydrogen) atoms. The average Bonchev–Trinajstić information content (AvgIpc) is 2.46. The van der Waals surface area contributed by atoms with E-state index in [1.54, 1.807) is 0 Å². The third-order valence-corrected chi connectivity index (χ3v) is 4.36. The molecule has 8 nitrogen and oxygen atoms in total. The number of hydrogen-bond acceptors (Lipinski definition) is 6. The molecule has 10 heteroatoms. The highest BCUT2D eigenvalue weighted by Gasteiger charge is 2.28. The molecule has 2 atom stereocenters. The van der Waals surface area contributed by atoms with Crippen LogP contribution >= 0.6 is 18.1 Å². The smallest absolute Gasteiger partial charge is 0.409 e. The molecule has 0 spiro atoms. The Labute approximate surface area is 138 Å². The third kappa shape index (κ3) is 6.99. The first kappa shape index (κ1) is 19.4. The summed E-state index contributed by atoms with van der Waals surface area (Å²) in [5.41, 5.74) is -0.136. The minimum Gasteiger partial charge on any atom is -0.465 e. The molecule has 128 valence electrons. The molecule has 0 aromatic heterocycles. The summed E-state index contributed by atoms with van der Waals surface area (Å²) in [6.45, 7) is -0.170. The van der Waals surface area contributed by atoms with Gasteiger partial charge in [0.25, 0.3) is 5.69 Å². The van der Waals surface area contributed by atoms with E-state index in [1.807, 2.05) is 6.92 Å². The Morgan fingerprint density at radius 2 is 2.04 bits per heavy atom. The molecule has 1 N–H and O–H groups in total. The van der Waals surface area contributed by atoms with Crippen LogP contribution < -0.4 is 9.61 Å². The van der Waals surface area contributed by atoms with Crippen LogP contribution in [0, 0.1) is 10.1 Å². The average molecular weight is 365 g/mol. The van der Waals surface area contributed by atoms with Crippen LogP contribution in [0.2, 0.25) is 0 Å². The van der Waals surface area contributed by atoms with Gasteiger partial charge >= 0.3 is 12.8 Å². The minimum atomic E-state index is -3.85. The molecule has 1 aromatic carbocycles. The second-order valence-electron chi connectivity index (χ2n) is 4.69. The largest absolute Gasteiger partial charge is 0.465 e. The lowest BCUT2D eigenvalue weighted by Gasteiger charge is -2.18. The van der Waals surface area contributed by atoms with Gasteiger partial charge in [-0.15, -0.1) is 0 Å². The third-order valence-electron chi connectivity index (χ3n) is 2.71. The summed E-state index contributed by atoms with van der Waals surface area (Å²) in [6, 6.07) is 3.98. The predicted molar refractivity (Wildman–Crippen MR) is 85.6 cm³/mol. The topological polar surface area (TPSA) is 108 Å². The maximum absolute atomic E-state index is 12.1. The molecule has 0 radical (unpaired) electrons. The molecular weight excluding hydrogens is 347 g/mol. The first-order chi connectivity index (χ1) is 10.7. The zero-order valence-corrected chi connectivity index (χ0v) is 14.4. The highest BCUT2D eigenvalue weighted by Crippen LogP contribution is 2.48. The number of carbonyl (C=O) groups excluding carboxylic acids is 1. The number of rotatable bonds is 9. The van der Waals surface area contributed by atoms with E-state index in [1.165, 1.54) is 31.2 Å². The van der Waals surface area contributed by atoms with Gasteiger partial charge in [0.05, 0.1) is 11.5 Å². The summed E-state index contributed by atoms with van der Waals surface area (Å²) >= 11 is 5.75. The molecule has 0 aliphatic carbocycles. The van der Waals surface area contributed by atoms with Gasteiger partial charge in [-0.3, -0.25) is 14.9 Å². The number of hydrogen-bond donors (Lipinski definition) is 1. The normalized spacial score (nSPS) is 14.6. The van der Waals surface area contributed by atoms with Crippen molar-refractivity contribution in [1.29, 1.82) is 0 Å². The van der Waals surface area contributed by atoms with E-state index >= 15 is 0 Å². The molecule has 0 saturated heterocycles. The van der Waals surface area contributed by atoms with Gasteiger partial charge in [-0.05, 0) is 25.5 Å². The maximum Gasteiger partial charge on any atom is 0.409 e. The number of carbonyl (C=O) groups is 1. The maximum atomic E-state index is 12.1. The Bertz CT molecular complexity index is 595. The van der Waals surface area contributed by atoms with E-state index in [2.05, 4.69) is 5.09 Å². The van der Waals surface area contributed by atoms with E-state index in [0.717, 1.165) is 12.8 Å². The van der Waals surface area contributed by atoms with Crippen LogP contribution in [0.1, 0.15) is 26.7 Å². The van der Waals surface area contributed by atoms with E-state index in [9.17, 15) is 19.5 Å². The van der Waals surface area contributed by atoms with Gasteiger partial charge in [0, 0.05) is 23.4 Å². The zero-order chi connectivity index (χ0) is 17.5. The molecule has 0 saturated carbocycles. The van der Waals surface area contributed by atoms with Gasteiger partial charge < -0.3 is 9.26 Å². The van der Waals surface area contributed by atoms with Gasteiger partial charge in [-0.1, -0.05) is 13.3 Å². The SMILES string of the molecule is CCCCOC(=O)[C@H](C)NP(=O)(Cl)Oc1ccc([N+](=O)[O-])cc1. The molecular formula is C13H18ClN2O6P. The van der Waals surface area contributed by atoms with Gasteiger partial charge in [-0.2, -0.15) is 0 Å². The monoisotopic (exact) mass is 364 g/mol. The van der Waals surface area contributed by atoms with Crippen LogP contribution in [0.4, 0.5) is 5.69 Å². The molecule has 1 rings (SSSR count). The van der Waals surface area contributed by atoms with Crippen LogP contribution in [0.25, 0.3) is 0 Å². The summed E-state index contributed by atoms with van der Waals surface area (Å²) in [5.74, 6) is -0.514. The Kier molecular flexibility index (Phi) is 7.48. The summed E-state index contributed by atoms with van der Waals surface area (Å²) in [4.78, 5) is 21.6. The Balaban J connectivity index is 2.59. The fraction of sp³-hybridized carbons (Fsp3) is 0.462. The highest BCUT2D eigenvalue weighted by molar-refractivity contribution is 7.84. The lowest BCUT2D eigenvalue weighted by atomic mass is 10.3. The number of nitro benzene ring substituents is 1. The van der Waals surface area contributed by atoms with Crippen molar-refractivity contribution in [3.8, 4) is 5.75 Å². The van der Waals surface area contributed by atoms with Crippen molar-refractivity contribution in [3.63, 3.8) is 0 Å². The van der Waals surface area contributed by atoms with Gasteiger partial charge in [0.15, 0.2) is 0 Å². The van der Waals surface area contributed by atoms with Gasteiger partial charge in [0.2, 0.25) is 0 Å². The van der Waals surface area contributed by atoms with Crippen molar-refractivity contribution in [3.05, 3.63) is 34.4 Å². The number of nitrogens with one attached hydrogen (secondary N) is 1. The number of unbranched alkanes of at least 4 members (excludes halogenated alkanes) is 1.